The Hall–Kier alpha value is -2.74. The lowest BCUT2D eigenvalue weighted by Crippen LogP contribution is -2.57. The van der Waals surface area contributed by atoms with E-state index in [-0.39, 0.29) is 36.0 Å². The number of nitrogens with zero attached hydrogens (tertiary/aromatic N) is 2. The van der Waals surface area contributed by atoms with E-state index >= 15 is 0 Å². The molecule has 28 heavy (non-hydrogen) atoms. The van der Waals surface area contributed by atoms with Gasteiger partial charge in [-0.25, -0.2) is 9.07 Å². The monoisotopic (exact) mass is 385 g/mol. The SMILES string of the molecule is CC1NC(n2nc(C3CC3)cc2NC(=O)Cc2ccc(F)cc2)NC(=O)C1C. The van der Waals surface area contributed by atoms with Crippen LogP contribution in [0.5, 0.6) is 0 Å². The predicted molar refractivity (Wildman–Crippen MR) is 102 cm³/mol. The van der Waals surface area contributed by atoms with Gasteiger partial charge < -0.3 is 10.6 Å². The minimum absolute atomic E-state index is 0.0184. The summed E-state index contributed by atoms with van der Waals surface area (Å²) in [4.78, 5) is 24.8. The van der Waals surface area contributed by atoms with Crippen LogP contribution in [0, 0.1) is 11.7 Å². The van der Waals surface area contributed by atoms with Crippen molar-refractivity contribution in [2.75, 3.05) is 5.32 Å². The maximum atomic E-state index is 13.1. The average molecular weight is 385 g/mol. The topological polar surface area (TPSA) is 88.1 Å². The molecule has 2 heterocycles. The molecule has 8 heteroatoms. The van der Waals surface area contributed by atoms with E-state index in [1.165, 1.54) is 12.1 Å². The maximum absolute atomic E-state index is 13.1. The number of amides is 2. The number of aromatic nitrogens is 2. The van der Waals surface area contributed by atoms with E-state index in [0.717, 1.165) is 24.1 Å². The van der Waals surface area contributed by atoms with Crippen molar-refractivity contribution in [1.29, 1.82) is 0 Å². The third kappa shape index (κ3) is 3.91. The Balaban J connectivity index is 1.53. The van der Waals surface area contributed by atoms with Gasteiger partial charge in [0.1, 0.15) is 11.6 Å². The molecule has 2 aromatic rings. The first-order valence-electron chi connectivity index (χ1n) is 9.61. The van der Waals surface area contributed by atoms with Crippen molar-refractivity contribution in [3.05, 3.63) is 47.4 Å². The number of carbonyl (C=O) groups excluding carboxylic acids is 2. The van der Waals surface area contributed by atoms with Crippen LogP contribution in [0.4, 0.5) is 10.2 Å². The van der Waals surface area contributed by atoms with Crippen LogP contribution in [0.25, 0.3) is 0 Å². The second-order valence-corrected chi connectivity index (χ2v) is 7.68. The van der Waals surface area contributed by atoms with Crippen molar-refractivity contribution in [2.45, 2.75) is 51.4 Å². The van der Waals surface area contributed by atoms with Gasteiger partial charge in [0.05, 0.1) is 18.0 Å². The number of benzene rings is 1. The van der Waals surface area contributed by atoms with Crippen LogP contribution in [0.15, 0.2) is 30.3 Å². The summed E-state index contributed by atoms with van der Waals surface area (Å²) in [6, 6.07) is 7.71. The van der Waals surface area contributed by atoms with Crippen LogP contribution in [0.3, 0.4) is 0 Å². The molecular weight excluding hydrogens is 361 g/mol. The molecule has 0 bridgehead atoms. The number of hydrogen-bond acceptors (Lipinski definition) is 4. The Morgan fingerprint density at radius 1 is 1.29 bits per heavy atom. The van der Waals surface area contributed by atoms with Crippen LogP contribution in [0.1, 0.15) is 50.2 Å². The largest absolute Gasteiger partial charge is 0.322 e. The van der Waals surface area contributed by atoms with E-state index in [9.17, 15) is 14.0 Å². The van der Waals surface area contributed by atoms with Gasteiger partial charge in [-0.15, -0.1) is 0 Å². The molecule has 4 rings (SSSR count). The predicted octanol–water partition coefficient (Wildman–Crippen LogP) is 2.28. The Labute approximate surface area is 162 Å². The fourth-order valence-corrected chi connectivity index (χ4v) is 3.32. The molecule has 3 unspecified atom stereocenters. The van der Waals surface area contributed by atoms with Gasteiger partial charge in [0.2, 0.25) is 11.8 Å². The molecule has 3 atom stereocenters. The number of nitrogens with one attached hydrogen (secondary N) is 3. The lowest BCUT2D eigenvalue weighted by molar-refractivity contribution is -0.130. The highest BCUT2D eigenvalue weighted by Gasteiger charge is 2.34. The summed E-state index contributed by atoms with van der Waals surface area (Å²) in [7, 11) is 0. The van der Waals surface area contributed by atoms with Crippen LogP contribution in [-0.4, -0.2) is 27.6 Å². The van der Waals surface area contributed by atoms with Gasteiger partial charge in [-0.05, 0) is 37.5 Å². The Kier molecular flexibility index (Phi) is 4.89. The van der Waals surface area contributed by atoms with E-state index < -0.39 is 6.29 Å². The summed E-state index contributed by atoms with van der Waals surface area (Å²) < 4.78 is 14.7. The highest BCUT2D eigenvalue weighted by atomic mass is 19.1. The van der Waals surface area contributed by atoms with Crippen molar-refractivity contribution >= 4 is 17.6 Å². The van der Waals surface area contributed by atoms with Gasteiger partial charge in [-0.2, -0.15) is 5.10 Å². The lowest BCUT2D eigenvalue weighted by Gasteiger charge is -2.34. The molecule has 1 aromatic carbocycles. The van der Waals surface area contributed by atoms with E-state index in [2.05, 4.69) is 21.0 Å². The molecule has 1 saturated heterocycles. The fraction of sp³-hybridized carbons (Fsp3) is 0.450. The highest BCUT2D eigenvalue weighted by Crippen LogP contribution is 2.40. The smallest absolute Gasteiger partial charge is 0.229 e. The summed E-state index contributed by atoms with van der Waals surface area (Å²) in [6.45, 7) is 3.82. The third-order valence-corrected chi connectivity index (χ3v) is 5.40. The lowest BCUT2D eigenvalue weighted by atomic mass is 10.0. The molecule has 0 radical (unpaired) electrons. The number of rotatable bonds is 5. The second kappa shape index (κ2) is 7.35. The van der Waals surface area contributed by atoms with Gasteiger partial charge >= 0.3 is 0 Å². The van der Waals surface area contributed by atoms with Crippen LogP contribution in [-0.2, 0) is 16.0 Å². The summed E-state index contributed by atoms with van der Waals surface area (Å²) in [5, 5.41) is 13.8. The molecule has 3 N–H and O–H groups in total. The Morgan fingerprint density at radius 2 is 2.00 bits per heavy atom. The van der Waals surface area contributed by atoms with Gasteiger partial charge in [-0.1, -0.05) is 19.1 Å². The third-order valence-electron chi connectivity index (χ3n) is 5.40. The molecule has 2 fully saturated rings. The van der Waals surface area contributed by atoms with E-state index in [0.29, 0.717) is 11.7 Å². The standard InChI is InChI=1S/C20H24FN5O2/c1-11-12(2)22-20(24-19(11)28)26-17(10-16(25-26)14-5-6-14)23-18(27)9-13-3-7-15(21)8-4-13/h3-4,7-8,10-12,14,20,22H,5-6,9H2,1-2H3,(H,23,27)(H,24,28). The highest BCUT2D eigenvalue weighted by molar-refractivity contribution is 5.91. The van der Waals surface area contributed by atoms with E-state index in [1.54, 1.807) is 16.8 Å². The minimum atomic E-state index is -0.521. The second-order valence-electron chi connectivity index (χ2n) is 7.68. The Bertz CT molecular complexity index is 891. The van der Waals surface area contributed by atoms with Crippen molar-refractivity contribution in [3.8, 4) is 0 Å². The van der Waals surface area contributed by atoms with Gasteiger partial charge in [0.15, 0.2) is 6.29 Å². The molecule has 148 valence electrons. The average Bonchev–Trinajstić information content (AvgIpc) is 3.42. The molecule has 0 spiro atoms. The zero-order valence-corrected chi connectivity index (χ0v) is 15.9. The molecule has 1 aliphatic heterocycles. The number of halogens is 1. The quantitative estimate of drug-likeness (QED) is 0.737. The molecular formula is C20H24FN5O2. The van der Waals surface area contributed by atoms with Gasteiger partial charge in [0.25, 0.3) is 0 Å². The fourth-order valence-electron chi connectivity index (χ4n) is 3.32. The zero-order valence-electron chi connectivity index (χ0n) is 15.9. The summed E-state index contributed by atoms with van der Waals surface area (Å²) in [5.41, 5.74) is 1.64. The molecule has 1 aromatic heterocycles. The van der Waals surface area contributed by atoms with Crippen molar-refractivity contribution in [3.63, 3.8) is 0 Å². The summed E-state index contributed by atoms with van der Waals surface area (Å²) in [6.07, 6.45) is 1.77. The number of carbonyl (C=O) groups is 2. The van der Waals surface area contributed by atoms with Gasteiger partial charge in [-0.3, -0.25) is 14.9 Å². The Morgan fingerprint density at radius 3 is 2.64 bits per heavy atom. The van der Waals surface area contributed by atoms with Gasteiger partial charge in [0, 0.05) is 18.0 Å². The van der Waals surface area contributed by atoms with E-state index in [4.69, 9.17) is 0 Å². The zero-order chi connectivity index (χ0) is 19.8. The molecule has 2 aliphatic rings. The van der Waals surface area contributed by atoms with Crippen LogP contribution in [0.2, 0.25) is 0 Å². The molecule has 2 amide bonds. The molecule has 1 saturated carbocycles. The van der Waals surface area contributed by atoms with E-state index in [1.807, 2.05) is 19.9 Å². The summed E-state index contributed by atoms with van der Waals surface area (Å²) in [5.74, 6) is 0.185. The minimum Gasteiger partial charge on any atom is -0.322 e. The molecule has 7 nitrogen and oxygen atoms in total. The molecule has 1 aliphatic carbocycles. The summed E-state index contributed by atoms with van der Waals surface area (Å²) >= 11 is 0. The normalized spacial score (nSPS) is 24.7. The van der Waals surface area contributed by atoms with Crippen molar-refractivity contribution in [2.24, 2.45) is 5.92 Å². The van der Waals surface area contributed by atoms with Crippen molar-refractivity contribution in [1.82, 2.24) is 20.4 Å². The van der Waals surface area contributed by atoms with Crippen LogP contribution < -0.4 is 16.0 Å². The first kappa shape index (κ1) is 18.6. The first-order chi connectivity index (χ1) is 13.4. The van der Waals surface area contributed by atoms with Crippen molar-refractivity contribution < 1.29 is 14.0 Å². The number of anilines is 1. The first-order valence-corrected chi connectivity index (χ1v) is 9.61. The number of hydrogen-bond donors (Lipinski definition) is 3. The van der Waals surface area contributed by atoms with Crippen LogP contribution >= 0.6 is 0 Å². The maximum Gasteiger partial charge on any atom is 0.229 e.